The number of aliphatic hydroxyl groups excluding tert-OH is 1. The quantitative estimate of drug-likeness (QED) is 0.347. The van der Waals surface area contributed by atoms with E-state index in [0.717, 1.165) is 6.08 Å². The van der Waals surface area contributed by atoms with Crippen LogP contribution < -0.4 is 0 Å². The van der Waals surface area contributed by atoms with Crippen molar-refractivity contribution < 1.29 is 24.2 Å². The monoisotopic (exact) mass is 186 g/mol. The number of carbonyl (C=O) groups excluding carboxylic acids is 2. The summed E-state index contributed by atoms with van der Waals surface area (Å²) in [4.78, 5) is 22.2. The Labute approximate surface area is 74.9 Å². The Morgan fingerprint density at radius 2 is 1.77 bits per heavy atom. The standard InChI is InChI=1S/C8H10O5/c1-8(2)12-6(10)5(3-4-9)7(11)13-8/h3,9H,4H2,1-2H3. The molecule has 72 valence electrons. The molecule has 0 amide bonds. The summed E-state index contributed by atoms with van der Waals surface area (Å²) in [5.41, 5.74) is -0.262. The van der Waals surface area contributed by atoms with Gasteiger partial charge in [-0.25, -0.2) is 9.59 Å². The molecule has 0 aromatic carbocycles. The molecule has 1 aliphatic heterocycles. The van der Waals surface area contributed by atoms with Gasteiger partial charge in [0, 0.05) is 13.8 Å². The molecule has 1 rings (SSSR count). The minimum Gasteiger partial charge on any atom is -0.419 e. The molecule has 0 bridgehead atoms. The van der Waals surface area contributed by atoms with Crippen molar-refractivity contribution >= 4 is 11.9 Å². The molecule has 0 radical (unpaired) electrons. The minimum absolute atomic E-state index is 0.262. The third kappa shape index (κ3) is 2.06. The van der Waals surface area contributed by atoms with Gasteiger partial charge in [0.15, 0.2) is 0 Å². The highest BCUT2D eigenvalue weighted by atomic mass is 16.7. The largest absolute Gasteiger partial charge is 0.419 e. The minimum atomic E-state index is -1.22. The summed E-state index contributed by atoms with van der Waals surface area (Å²) in [5.74, 6) is -2.76. The molecule has 0 aliphatic carbocycles. The van der Waals surface area contributed by atoms with Gasteiger partial charge in [0.05, 0.1) is 6.61 Å². The molecule has 13 heavy (non-hydrogen) atoms. The second-order valence-corrected chi connectivity index (χ2v) is 2.98. The van der Waals surface area contributed by atoms with Crippen LogP contribution in [-0.2, 0) is 19.1 Å². The average molecular weight is 186 g/mol. The predicted octanol–water partition coefficient (Wildman–Crippen LogP) is -0.259. The maximum Gasteiger partial charge on any atom is 0.348 e. The molecule has 1 heterocycles. The third-order valence-electron chi connectivity index (χ3n) is 1.41. The van der Waals surface area contributed by atoms with Crippen molar-refractivity contribution in [1.82, 2.24) is 0 Å². The maximum absolute atomic E-state index is 11.1. The van der Waals surface area contributed by atoms with E-state index in [0.29, 0.717) is 0 Å². The van der Waals surface area contributed by atoms with Crippen LogP contribution in [0.5, 0.6) is 0 Å². The lowest BCUT2D eigenvalue weighted by molar-refractivity contribution is -0.222. The van der Waals surface area contributed by atoms with Crippen LogP contribution in [0.25, 0.3) is 0 Å². The summed E-state index contributed by atoms with van der Waals surface area (Å²) < 4.78 is 9.50. The van der Waals surface area contributed by atoms with Gasteiger partial charge in [-0.15, -0.1) is 0 Å². The Morgan fingerprint density at radius 3 is 2.15 bits per heavy atom. The number of cyclic esters (lactones) is 2. The van der Waals surface area contributed by atoms with E-state index in [1.165, 1.54) is 13.8 Å². The first-order valence-electron chi connectivity index (χ1n) is 3.74. The zero-order chi connectivity index (χ0) is 10.1. The van der Waals surface area contributed by atoms with Crippen LogP contribution in [0.1, 0.15) is 13.8 Å². The highest BCUT2D eigenvalue weighted by Gasteiger charge is 2.38. The van der Waals surface area contributed by atoms with E-state index in [4.69, 9.17) is 14.6 Å². The molecular weight excluding hydrogens is 176 g/mol. The van der Waals surface area contributed by atoms with E-state index in [2.05, 4.69) is 0 Å². The van der Waals surface area contributed by atoms with Gasteiger partial charge in [-0.05, 0) is 6.08 Å². The maximum atomic E-state index is 11.1. The van der Waals surface area contributed by atoms with Crippen molar-refractivity contribution in [2.45, 2.75) is 19.6 Å². The Bertz CT molecular complexity index is 254. The number of rotatable bonds is 1. The lowest BCUT2D eigenvalue weighted by Crippen LogP contribution is -2.41. The van der Waals surface area contributed by atoms with E-state index in [1.54, 1.807) is 0 Å². The smallest absolute Gasteiger partial charge is 0.348 e. The molecule has 1 fully saturated rings. The van der Waals surface area contributed by atoms with Gasteiger partial charge in [0.1, 0.15) is 5.57 Å². The van der Waals surface area contributed by atoms with E-state index in [9.17, 15) is 9.59 Å². The van der Waals surface area contributed by atoms with Crippen molar-refractivity contribution in [2.75, 3.05) is 6.61 Å². The predicted molar refractivity (Wildman–Crippen MR) is 41.4 cm³/mol. The van der Waals surface area contributed by atoms with E-state index >= 15 is 0 Å². The summed E-state index contributed by atoms with van der Waals surface area (Å²) in [6, 6.07) is 0. The fourth-order valence-corrected chi connectivity index (χ4v) is 0.919. The van der Waals surface area contributed by atoms with Gasteiger partial charge in [-0.3, -0.25) is 0 Å². The lowest BCUT2D eigenvalue weighted by Gasteiger charge is -2.29. The fourth-order valence-electron chi connectivity index (χ4n) is 0.919. The summed E-state index contributed by atoms with van der Waals surface area (Å²) >= 11 is 0. The van der Waals surface area contributed by atoms with Crippen LogP contribution in [0.4, 0.5) is 0 Å². The first-order chi connectivity index (χ1) is 5.96. The van der Waals surface area contributed by atoms with E-state index in [1.807, 2.05) is 0 Å². The third-order valence-corrected chi connectivity index (χ3v) is 1.41. The zero-order valence-corrected chi connectivity index (χ0v) is 7.36. The first kappa shape index (κ1) is 9.73. The van der Waals surface area contributed by atoms with E-state index < -0.39 is 24.3 Å². The van der Waals surface area contributed by atoms with E-state index in [-0.39, 0.29) is 5.57 Å². The Hall–Kier alpha value is -1.36. The van der Waals surface area contributed by atoms with Crippen LogP contribution in [0, 0.1) is 0 Å². The Morgan fingerprint density at radius 1 is 1.31 bits per heavy atom. The highest BCUT2D eigenvalue weighted by molar-refractivity contribution is 6.15. The van der Waals surface area contributed by atoms with Crippen molar-refractivity contribution in [3.63, 3.8) is 0 Å². The van der Waals surface area contributed by atoms with Crippen LogP contribution in [0.3, 0.4) is 0 Å². The van der Waals surface area contributed by atoms with Crippen LogP contribution in [0.2, 0.25) is 0 Å². The van der Waals surface area contributed by atoms with Crippen LogP contribution >= 0.6 is 0 Å². The molecular formula is C8H10O5. The summed E-state index contributed by atoms with van der Waals surface area (Å²) in [7, 11) is 0. The topological polar surface area (TPSA) is 72.8 Å². The van der Waals surface area contributed by atoms with Crippen LogP contribution in [-0.4, -0.2) is 29.4 Å². The van der Waals surface area contributed by atoms with Crippen molar-refractivity contribution in [3.8, 4) is 0 Å². The number of esters is 2. The molecule has 0 aromatic heterocycles. The molecule has 0 atom stereocenters. The molecule has 0 aromatic rings. The van der Waals surface area contributed by atoms with Crippen molar-refractivity contribution in [2.24, 2.45) is 0 Å². The molecule has 5 nitrogen and oxygen atoms in total. The summed E-state index contributed by atoms with van der Waals surface area (Å²) in [5, 5.41) is 8.49. The molecule has 1 N–H and O–H groups in total. The van der Waals surface area contributed by atoms with Gasteiger partial charge >= 0.3 is 11.9 Å². The second-order valence-electron chi connectivity index (χ2n) is 2.98. The number of carbonyl (C=O) groups is 2. The van der Waals surface area contributed by atoms with Crippen molar-refractivity contribution in [1.29, 1.82) is 0 Å². The Balaban J connectivity index is 2.89. The Kier molecular flexibility index (Phi) is 2.38. The molecule has 0 unspecified atom stereocenters. The van der Waals surface area contributed by atoms with Gasteiger partial charge in [0.2, 0.25) is 0 Å². The molecule has 0 saturated carbocycles. The number of ether oxygens (including phenoxy) is 2. The summed E-state index contributed by atoms with van der Waals surface area (Å²) in [6.07, 6.45) is 1.06. The van der Waals surface area contributed by atoms with Crippen LogP contribution in [0.15, 0.2) is 11.6 Å². The molecule has 5 heteroatoms. The zero-order valence-electron chi connectivity index (χ0n) is 7.36. The van der Waals surface area contributed by atoms with Gasteiger partial charge < -0.3 is 14.6 Å². The van der Waals surface area contributed by atoms with Crippen molar-refractivity contribution in [3.05, 3.63) is 11.6 Å². The molecule has 1 saturated heterocycles. The fraction of sp³-hybridized carbons (Fsp3) is 0.500. The second kappa shape index (κ2) is 3.18. The SMILES string of the molecule is CC1(C)OC(=O)C(=CCO)C(=O)O1. The number of aliphatic hydroxyl groups is 1. The number of hydrogen-bond acceptors (Lipinski definition) is 5. The summed E-state index contributed by atoms with van der Waals surface area (Å²) in [6.45, 7) is 2.51. The normalized spacial score (nSPS) is 20.7. The first-order valence-corrected chi connectivity index (χ1v) is 3.74. The highest BCUT2D eigenvalue weighted by Crippen LogP contribution is 2.22. The molecule has 1 aliphatic rings. The van der Waals surface area contributed by atoms with Gasteiger partial charge in [-0.1, -0.05) is 0 Å². The number of hydrogen-bond donors (Lipinski definition) is 1. The average Bonchev–Trinajstić information content (AvgIpc) is 1.94. The van der Waals surface area contributed by atoms with Gasteiger partial charge in [-0.2, -0.15) is 0 Å². The van der Waals surface area contributed by atoms with Gasteiger partial charge in [0.25, 0.3) is 5.79 Å². The molecule has 0 spiro atoms. The lowest BCUT2D eigenvalue weighted by atomic mass is 10.2.